The van der Waals surface area contributed by atoms with Gasteiger partial charge in [-0.05, 0) is 37.1 Å². The Hall–Kier alpha value is -3.22. The maximum absolute atomic E-state index is 11.0. The van der Waals surface area contributed by atoms with Crippen molar-refractivity contribution in [1.82, 2.24) is 9.97 Å². The average molecular weight is 311 g/mol. The van der Waals surface area contributed by atoms with Crippen molar-refractivity contribution in [3.8, 4) is 0 Å². The fourth-order valence-electron chi connectivity index (χ4n) is 2.56. The summed E-state index contributed by atoms with van der Waals surface area (Å²) in [5.74, 6) is -1.09. The average Bonchev–Trinajstić information content (AvgIpc) is 2.83. The van der Waals surface area contributed by atoms with Gasteiger partial charge in [0.2, 0.25) is 0 Å². The van der Waals surface area contributed by atoms with Crippen LogP contribution in [0.3, 0.4) is 0 Å². The molecule has 0 unspecified atom stereocenters. The summed E-state index contributed by atoms with van der Waals surface area (Å²) in [6.07, 6.45) is 8.51. The van der Waals surface area contributed by atoms with Gasteiger partial charge in [-0.2, -0.15) is 0 Å². The van der Waals surface area contributed by atoms with E-state index in [1.165, 1.54) is 18.3 Å². The van der Waals surface area contributed by atoms with Crippen LogP contribution in [-0.2, 0) is 0 Å². The molecule has 0 fully saturated rings. The Morgan fingerprint density at radius 1 is 1.43 bits per heavy atom. The highest BCUT2D eigenvalue weighted by molar-refractivity contribution is 5.98. The minimum Gasteiger partial charge on any atom is -0.477 e. The maximum Gasteiger partial charge on any atom is 0.354 e. The highest BCUT2D eigenvalue weighted by atomic mass is 16.6. The van der Waals surface area contributed by atoms with Crippen molar-refractivity contribution in [2.75, 3.05) is 0 Å². The number of pyridine rings is 1. The molecule has 2 aromatic rings. The Labute approximate surface area is 130 Å². The van der Waals surface area contributed by atoms with Crippen LogP contribution in [0.15, 0.2) is 48.0 Å². The van der Waals surface area contributed by atoms with Crippen LogP contribution in [0.1, 0.15) is 29.4 Å². The Morgan fingerprint density at radius 3 is 2.91 bits per heavy atom. The molecule has 2 heterocycles. The molecule has 0 amide bonds. The van der Waals surface area contributed by atoms with E-state index >= 15 is 0 Å². The van der Waals surface area contributed by atoms with Crippen LogP contribution in [0, 0.1) is 10.1 Å². The van der Waals surface area contributed by atoms with Gasteiger partial charge in [-0.15, -0.1) is 0 Å². The summed E-state index contributed by atoms with van der Waals surface area (Å²) in [6.45, 7) is 1.91. The lowest BCUT2D eigenvalue weighted by Gasteiger charge is -2.05. The Morgan fingerprint density at radius 2 is 2.22 bits per heavy atom. The first-order chi connectivity index (χ1) is 11.0. The second-order valence-electron chi connectivity index (χ2n) is 5.24. The molecular formula is C16H13N3O4. The fourth-order valence-corrected chi connectivity index (χ4v) is 2.56. The molecule has 0 spiro atoms. The summed E-state index contributed by atoms with van der Waals surface area (Å²) < 4.78 is 0. The van der Waals surface area contributed by atoms with Crippen LogP contribution in [0.25, 0.3) is 16.5 Å². The number of nitro groups is 1. The monoisotopic (exact) mass is 311 g/mol. The first-order valence-electron chi connectivity index (χ1n) is 6.90. The number of aromatic carboxylic acids is 1. The molecule has 3 rings (SSSR count). The standard InChI is InChI=1S/C16H13N3O4/c1-9-2-3-10(19(22)23)4-5-11(9)12-7-17-14-6-15(16(20)21)18-8-13(12)14/h3-8,17H,2H2,1H3,(H,20,21). The number of carboxylic acids is 1. The zero-order valence-electron chi connectivity index (χ0n) is 12.2. The van der Waals surface area contributed by atoms with Crippen LogP contribution in [0.4, 0.5) is 0 Å². The van der Waals surface area contributed by atoms with Crippen molar-refractivity contribution in [3.63, 3.8) is 0 Å². The van der Waals surface area contributed by atoms with Crippen molar-refractivity contribution in [2.24, 2.45) is 0 Å². The van der Waals surface area contributed by atoms with Gasteiger partial charge in [-0.25, -0.2) is 9.78 Å². The van der Waals surface area contributed by atoms with Gasteiger partial charge in [0.25, 0.3) is 5.70 Å². The lowest BCUT2D eigenvalue weighted by atomic mass is 9.99. The van der Waals surface area contributed by atoms with E-state index in [0.717, 1.165) is 22.1 Å². The van der Waals surface area contributed by atoms with E-state index in [2.05, 4.69) is 9.97 Å². The third-order valence-electron chi connectivity index (χ3n) is 3.78. The number of carbonyl (C=O) groups is 1. The summed E-state index contributed by atoms with van der Waals surface area (Å²) >= 11 is 0. The van der Waals surface area contributed by atoms with Crippen molar-refractivity contribution in [3.05, 3.63) is 69.3 Å². The lowest BCUT2D eigenvalue weighted by molar-refractivity contribution is -0.419. The maximum atomic E-state index is 11.0. The normalized spacial score (nSPS) is 14.7. The molecule has 0 aliphatic heterocycles. The van der Waals surface area contributed by atoms with Gasteiger partial charge in [-0.3, -0.25) is 10.1 Å². The zero-order chi connectivity index (χ0) is 16.6. The predicted octanol–water partition coefficient (Wildman–Crippen LogP) is 3.16. The summed E-state index contributed by atoms with van der Waals surface area (Å²) in [5.41, 5.74) is 3.38. The summed E-state index contributed by atoms with van der Waals surface area (Å²) in [5, 5.41) is 20.7. The number of aromatic amines is 1. The molecule has 0 saturated carbocycles. The van der Waals surface area contributed by atoms with E-state index in [1.807, 2.05) is 6.92 Å². The molecule has 7 nitrogen and oxygen atoms in total. The summed E-state index contributed by atoms with van der Waals surface area (Å²) in [4.78, 5) is 28.5. The van der Waals surface area contributed by atoms with Crippen LogP contribution >= 0.6 is 0 Å². The van der Waals surface area contributed by atoms with Gasteiger partial charge in [0.1, 0.15) is 5.69 Å². The Bertz CT molecular complexity index is 919. The molecule has 0 bridgehead atoms. The largest absolute Gasteiger partial charge is 0.477 e. The Balaban J connectivity index is 2.08. The van der Waals surface area contributed by atoms with Gasteiger partial charge < -0.3 is 10.1 Å². The van der Waals surface area contributed by atoms with Crippen LogP contribution < -0.4 is 0 Å². The van der Waals surface area contributed by atoms with Crippen molar-refractivity contribution >= 4 is 22.4 Å². The number of aromatic nitrogens is 2. The molecule has 1 aliphatic carbocycles. The lowest BCUT2D eigenvalue weighted by Crippen LogP contribution is -1.99. The fraction of sp³-hybridized carbons (Fsp3) is 0.125. The first kappa shape index (κ1) is 14.7. The number of hydrogen-bond acceptors (Lipinski definition) is 4. The minimum atomic E-state index is -1.09. The van der Waals surface area contributed by atoms with Crippen molar-refractivity contribution in [2.45, 2.75) is 13.3 Å². The zero-order valence-corrected chi connectivity index (χ0v) is 12.2. The molecule has 2 N–H and O–H groups in total. The quantitative estimate of drug-likeness (QED) is 0.668. The number of fused-ring (bicyclic) bond motifs is 1. The molecule has 0 saturated heterocycles. The first-order valence-corrected chi connectivity index (χ1v) is 6.90. The molecule has 1 aliphatic rings. The smallest absolute Gasteiger partial charge is 0.354 e. The van der Waals surface area contributed by atoms with Gasteiger partial charge >= 0.3 is 5.97 Å². The van der Waals surface area contributed by atoms with Crippen molar-refractivity contribution < 1.29 is 14.8 Å². The number of nitrogens with one attached hydrogen (secondary N) is 1. The number of nitrogens with zero attached hydrogens (tertiary/aromatic N) is 2. The highest BCUT2D eigenvalue weighted by Gasteiger charge is 2.16. The Kier molecular flexibility index (Phi) is 3.53. The third-order valence-corrected chi connectivity index (χ3v) is 3.78. The summed E-state index contributed by atoms with van der Waals surface area (Å²) in [6, 6.07) is 1.47. The second kappa shape index (κ2) is 5.53. The summed E-state index contributed by atoms with van der Waals surface area (Å²) in [7, 11) is 0. The number of H-pyrrole nitrogens is 1. The topological polar surface area (TPSA) is 109 Å². The molecule has 0 atom stereocenters. The number of carboxylic acid groups (broad SMARTS) is 1. The van der Waals surface area contributed by atoms with Gasteiger partial charge in [0.05, 0.1) is 4.92 Å². The van der Waals surface area contributed by atoms with E-state index in [9.17, 15) is 14.9 Å². The molecule has 0 aromatic carbocycles. The van der Waals surface area contributed by atoms with Crippen LogP contribution in [0.5, 0.6) is 0 Å². The van der Waals surface area contributed by atoms with E-state index in [1.54, 1.807) is 18.3 Å². The molecule has 2 aromatic heterocycles. The molecule has 0 radical (unpaired) electrons. The molecule has 116 valence electrons. The minimum absolute atomic E-state index is 0.0367. The number of hydrogen-bond donors (Lipinski definition) is 2. The molecule has 7 heteroatoms. The highest BCUT2D eigenvalue weighted by Crippen LogP contribution is 2.31. The van der Waals surface area contributed by atoms with Gasteiger partial charge in [-0.1, -0.05) is 5.57 Å². The molecular weight excluding hydrogens is 298 g/mol. The SMILES string of the molecule is CC1=C(c2c[nH]c3cc(C(=O)O)ncc23)C=CC([N+](=O)[O-])=CC1. The van der Waals surface area contributed by atoms with E-state index < -0.39 is 10.9 Å². The van der Waals surface area contributed by atoms with Crippen molar-refractivity contribution in [1.29, 1.82) is 0 Å². The number of rotatable bonds is 3. The second-order valence-corrected chi connectivity index (χ2v) is 5.24. The third kappa shape index (κ3) is 2.64. The van der Waals surface area contributed by atoms with Gasteiger partial charge in [0, 0.05) is 34.9 Å². The molecule has 23 heavy (non-hydrogen) atoms. The number of allylic oxidation sites excluding steroid dienone is 5. The van der Waals surface area contributed by atoms with Crippen LogP contribution in [-0.4, -0.2) is 26.0 Å². The van der Waals surface area contributed by atoms with Crippen LogP contribution in [0.2, 0.25) is 0 Å². The van der Waals surface area contributed by atoms with Gasteiger partial charge in [0.15, 0.2) is 0 Å². The predicted molar refractivity (Wildman–Crippen MR) is 84.5 cm³/mol. The van der Waals surface area contributed by atoms with E-state index in [-0.39, 0.29) is 11.4 Å². The van der Waals surface area contributed by atoms with E-state index in [0.29, 0.717) is 11.9 Å². The van der Waals surface area contributed by atoms with E-state index in [4.69, 9.17) is 5.11 Å².